The fraction of sp³-hybridized carbons (Fsp3) is 0.833. The van der Waals surface area contributed by atoms with Crippen molar-refractivity contribution >= 4 is 9.84 Å². The average molecular weight is 421 g/mol. The Bertz CT molecular complexity index is 341. The molecule has 4 atom stereocenters. The summed E-state index contributed by atoms with van der Waals surface area (Å²) in [4.78, 5) is 6.46. The van der Waals surface area contributed by atoms with Crippen molar-refractivity contribution < 1.29 is 0 Å². The highest BCUT2D eigenvalue weighted by Gasteiger charge is 2.27. The van der Waals surface area contributed by atoms with E-state index in [9.17, 15) is 0 Å². The molecule has 4 nitrogen and oxygen atoms in total. The van der Waals surface area contributed by atoms with Crippen LogP contribution in [0.2, 0.25) is 0 Å². The Hall–Kier alpha value is -0.463. The first kappa shape index (κ1) is 24.8. The van der Waals surface area contributed by atoms with Crippen LogP contribution in [-0.4, -0.2) is 48.1 Å². The van der Waals surface area contributed by atoms with E-state index in [4.69, 9.17) is 0 Å². The maximum absolute atomic E-state index is 3.62. The Morgan fingerprint density at radius 3 is 1.48 bits per heavy atom. The van der Waals surface area contributed by atoms with Gasteiger partial charge in [0.25, 0.3) is 0 Å². The zero-order chi connectivity index (χ0) is 20.6. The minimum absolute atomic E-state index is 0.253. The minimum Gasteiger partial charge on any atom is -0.327 e. The van der Waals surface area contributed by atoms with E-state index >= 15 is 0 Å². The number of nitrogens with one attached hydrogen (secondary N) is 4. The molecule has 0 aromatic heterocycles. The van der Waals surface area contributed by atoms with E-state index in [1.165, 1.54) is 90.1 Å². The Kier molecular flexibility index (Phi) is 13.9. The summed E-state index contributed by atoms with van der Waals surface area (Å²) in [7, 11) is -0.253. The molecule has 168 valence electrons. The fourth-order valence-corrected chi connectivity index (χ4v) is 6.26. The first-order chi connectivity index (χ1) is 14.3. The van der Waals surface area contributed by atoms with Crippen LogP contribution in [0.15, 0.2) is 25.3 Å². The Morgan fingerprint density at radius 1 is 0.655 bits per heavy atom. The fourth-order valence-electron chi connectivity index (χ4n) is 5.38. The summed E-state index contributed by atoms with van der Waals surface area (Å²) in [6.07, 6.45) is 21.4. The third-order valence-electron chi connectivity index (χ3n) is 6.96. The third-order valence-corrected chi connectivity index (χ3v) is 8.04. The van der Waals surface area contributed by atoms with Gasteiger partial charge in [-0.2, -0.15) is 0 Å². The molecule has 2 heterocycles. The molecule has 2 aliphatic heterocycles. The van der Waals surface area contributed by atoms with Gasteiger partial charge in [-0.1, -0.05) is 37.8 Å². The van der Waals surface area contributed by atoms with Crippen molar-refractivity contribution in [1.82, 2.24) is 20.6 Å². The highest BCUT2D eigenvalue weighted by molar-refractivity contribution is 6.28. The number of piperidine rings is 2. The molecule has 4 rings (SSSR count). The molecule has 4 unspecified atom stereocenters. The smallest absolute Gasteiger partial charge is 0.168 e. The molecule has 2 saturated heterocycles. The molecule has 0 radical (unpaired) electrons. The molecule has 4 aliphatic rings. The van der Waals surface area contributed by atoms with Crippen LogP contribution < -0.4 is 20.6 Å². The molecule has 0 amide bonds. The molecule has 4 fully saturated rings. The Labute approximate surface area is 183 Å². The summed E-state index contributed by atoms with van der Waals surface area (Å²) < 4.78 is 0. The van der Waals surface area contributed by atoms with E-state index in [0.717, 1.165) is 37.0 Å². The highest BCUT2D eigenvalue weighted by atomic mass is 28.2. The van der Waals surface area contributed by atoms with Crippen LogP contribution in [0, 0.1) is 11.8 Å². The van der Waals surface area contributed by atoms with Crippen LogP contribution in [0.5, 0.6) is 0 Å². The van der Waals surface area contributed by atoms with Gasteiger partial charge in [0.15, 0.2) is 9.84 Å². The zero-order valence-electron chi connectivity index (χ0n) is 18.9. The SMILES string of the molecule is C1CCC2NCCCC2C1.C1CCC2NCCCC2C1.C=CCN[SiH2]NCC=C. The highest BCUT2D eigenvalue weighted by Crippen LogP contribution is 2.30. The summed E-state index contributed by atoms with van der Waals surface area (Å²) in [6, 6.07) is 1.81. The van der Waals surface area contributed by atoms with Crippen molar-refractivity contribution in [3.63, 3.8) is 0 Å². The predicted molar refractivity (Wildman–Crippen MR) is 131 cm³/mol. The quantitative estimate of drug-likeness (QED) is 0.302. The molecule has 2 saturated carbocycles. The predicted octanol–water partition coefficient (Wildman–Crippen LogP) is 3.39. The number of rotatable bonds is 6. The third kappa shape index (κ3) is 10.4. The molecule has 29 heavy (non-hydrogen) atoms. The summed E-state index contributed by atoms with van der Waals surface area (Å²) in [5, 5.41) is 7.24. The Balaban J connectivity index is 0.000000156. The first-order valence-electron chi connectivity index (χ1n) is 12.4. The van der Waals surface area contributed by atoms with Gasteiger partial charge in [0.05, 0.1) is 0 Å². The van der Waals surface area contributed by atoms with E-state index in [0.29, 0.717) is 0 Å². The maximum Gasteiger partial charge on any atom is 0.168 e. The molecule has 0 spiro atoms. The topological polar surface area (TPSA) is 48.1 Å². The lowest BCUT2D eigenvalue weighted by atomic mass is 9.80. The van der Waals surface area contributed by atoms with Gasteiger partial charge in [-0.05, 0) is 76.3 Å². The van der Waals surface area contributed by atoms with Gasteiger partial charge < -0.3 is 20.6 Å². The second-order valence-corrected chi connectivity index (χ2v) is 10.5. The van der Waals surface area contributed by atoms with Crippen molar-refractivity contribution in [3.05, 3.63) is 25.3 Å². The van der Waals surface area contributed by atoms with Gasteiger partial charge >= 0.3 is 0 Å². The van der Waals surface area contributed by atoms with Crippen LogP contribution in [0.3, 0.4) is 0 Å². The summed E-state index contributed by atoms with van der Waals surface area (Å²) in [5.74, 6) is 2.09. The zero-order valence-corrected chi connectivity index (χ0v) is 20.3. The second kappa shape index (κ2) is 16.3. The lowest BCUT2D eigenvalue weighted by Gasteiger charge is -2.36. The van der Waals surface area contributed by atoms with Gasteiger partial charge in [-0.15, -0.1) is 13.2 Å². The number of fused-ring (bicyclic) bond motifs is 2. The van der Waals surface area contributed by atoms with E-state index < -0.39 is 0 Å². The largest absolute Gasteiger partial charge is 0.327 e. The molecule has 5 heteroatoms. The maximum atomic E-state index is 3.62. The lowest BCUT2D eigenvalue weighted by molar-refractivity contribution is 0.212. The van der Waals surface area contributed by atoms with Crippen LogP contribution in [0.25, 0.3) is 0 Å². The van der Waals surface area contributed by atoms with Gasteiger partial charge in [-0.3, -0.25) is 0 Å². The first-order valence-corrected chi connectivity index (χ1v) is 13.9. The van der Waals surface area contributed by atoms with Crippen molar-refractivity contribution in [2.24, 2.45) is 11.8 Å². The monoisotopic (exact) mass is 420 g/mol. The minimum atomic E-state index is -0.253. The van der Waals surface area contributed by atoms with E-state index in [-0.39, 0.29) is 9.84 Å². The van der Waals surface area contributed by atoms with E-state index in [1.54, 1.807) is 0 Å². The molecule has 4 N–H and O–H groups in total. The number of hydrogen-bond acceptors (Lipinski definition) is 4. The van der Waals surface area contributed by atoms with Crippen molar-refractivity contribution in [2.45, 2.75) is 89.1 Å². The van der Waals surface area contributed by atoms with Crippen molar-refractivity contribution in [2.75, 3.05) is 26.2 Å². The molecule has 0 aromatic rings. The van der Waals surface area contributed by atoms with Crippen LogP contribution in [0.4, 0.5) is 0 Å². The standard InChI is InChI=1S/2C9H17N.C6H14N2Si/c2*1-2-6-9-8(4-1)5-3-7-10-9;1-3-5-7-9-8-6-4-2/h2*8-10H,1-7H2;3-4,7-8H,1-2,5-6,9H2. The van der Waals surface area contributed by atoms with E-state index in [1.807, 2.05) is 12.2 Å². The Morgan fingerprint density at radius 2 is 1.07 bits per heavy atom. The molecule has 0 bridgehead atoms. The second-order valence-electron chi connectivity index (χ2n) is 9.16. The van der Waals surface area contributed by atoms with Gasteiger partial charge in [0.1, 0.15) is 0 Å². The van der Waals surface area contributed by atoms with Gasteiger partial charge in [0.2, 0.25) is 0 Å². The van der Waals surface area contributed by atoms with E-state index in [2.05, 4.69) is 33.8 Å². The summed E-state index contributed by atoms with van der Waals surface area (Å²) in [6.45, 7) is 11.6. The molecular weight excluding hydrogens is 372 g/mol. The van der Waals surface area contributed by atoms with Crippen LogP contribution in [0.1, 0.15) is 77.0 Å². The average Bonchev–Trinajstić information content (AvgIpc) is 2.80. The van der Waals surface area contributed by atoms with Crippen molar-refractivity contribution in [1.29, 1.82) is 0 Å². The summed E-state index contributed by atoms with van der Waals surface area (Å²) >= 11 is 0. The molecular formula is C24H48N4Si. The van der Waals surface area contributed by atoms with Crippen LogP contribution in [-0.2, 0) is 0 Å². The van der Waals surface area contributed by atoms with Crippen LogP contribution >= 0.6 is 0 Å². The molecule has 0 aromatic carbocycles. The summed E-state index contributed by atoms with van der Waals surface area (Å²) in [5.41, 5.74) is 0. The normalized spacial score (nSPS) is 30.9. The molecule has 2 aliphatic carbocycles. The van der Waals surface area contributed by atoms with Gasteiger partial charge in [-0.25, -0.2) is 0 Å². The van der Waals surface area contributed by atoms with Gasteiger partial charge in [0, 0.05) is 25.2 Å². The lowest BCUT2D eigenvalue weighted by Crippen LogP contribution is -2.42. The number of hydrogen-bond donors (Lipinski definition) is 4. The van der Waals surface area contributed by atoms with Crippen molar-refractivity contribution in [3.8, 4) is 0 Å².